The summed E-state index contributed by atoms with van der Waals surface area (Å²) in [7, 11) is 0. The van der Waals surface area contributed by atoms with Crippen LogP contribution in [0.25, 0.3) is 11.2 Å². The lowest BCUT2D eigenvalue weighted by Crippen LogP contribution is -2.41. The summed E-state index contributed by atoms with van der Waals surface area (Å²) in [6.07, 6.45) is -7.69. The molecule has 5 rings (SSSR count). The maximum absolute atomic E-state index is 13.6. The number of aromatic nitrogens is 4. The summed E-state index contributed by atoms with van der Waals surface area (Å²) in [5, 5.41) is 0. The molecular weight excluding hydrogens is 538 g/mol. The van der Waals surface area contributed by atoms with Gasteiger partial charge in [-0.2, -0.15) is 26.3 Å². The van der Waals surface area contributed by atoms with E-state index in [2.05, 4.69) is 4.98 Å². The molecule has 206 valence electrons. The van der Waals surface area contributed by atoms with Gasteiger partial charge in [0.05, 0.1) is 30.5 Å². The lowest BCUT2D eigenvalue weighted by molar-refractivity contribution is -0.138. The van der Waals surface area contributed by atoms with E-state index in [-0.39, 0.29) is 36.4 Å². The minimum absolute atomic E-state index is 0.0366. The molecule has 0 fully saturated rings. The number of nitrogens with zero attached hydrogens (tertiary/aromatic N) is 4. The molecule has 12 heteroatoms. The average molecular weight is 558 g/mol. The number of hydrogen-bond acceptors (Lipinski definition) is 3. The van der Waals surface area contributed by atoms with Crippen LogP contribution in [-0.4, -0.2) is 18.7 Å². The summed E-state index contributed by atoms with van der Waals surface area (Å²) in [6.45, 7) is -0.274. The van der Waals surface area contributed by atoms with Crippen LogP contribution in [0.4, 0.5) is 26.3 Å². The molecule has 0 N–H and O–H groups in total. The smallest absolute Gasteiger partial charge is 0.320 e. The van der Waals surface area contributed by atoms with Gasteiger partial charge in [0.25, 0.3) is 5.56 Å². The Kier molecular flexibility index (Phi) is 6.86. The van der Waals surface area contributed by atoms with E-state index in [4.69, 9.17) is 0 Å². The van der Waals surface area contributed by atoms with E-state index in [1.807, 2.05) is 30.3 Å². The Labute approximate surface area is 222 Å². The topological polar surface area (TPSA) is 61.8 Å². The molecule has 0 aliphatic heterocycles. The molecule has 0 bridgehead atoms. The normalized spacial score (nSPS) is 12.2. The SMILES string of the molecule is O=c1c2c(ncn2Cc2ccccc2)n(Cc2ccc(C(F)(F)F)cc2)c(=O)n1Cc1ccc(C(F)(F)F)cc1. The Morgan fingerprint density at radius 3 is 1.57 bits per heavy atom. The molecule has 0 aliphatic carbocycles. The Morgan fingerprint density at radius 2 is 1.07 bits per heavy atom. The van der Waals surface area contributed by atoms with Crippen LogP contribution in [0, 0.1) is 0 Å². The quantitative estimate of drug-likeness (QED) is 0.257. The van der Waals surface area contributed by atoms with Crippen LogP contribution < -0.4 is 11.2 Å². The van der Waals surface area contributed by atoms with Gasteiger partial charge in [-0.05, 0) is 41.0 Å². The minimum atomic E-state index is -4.55. The summed E-state index contributed by atoms with van der Waals surface area (Å²) in [6, 6.07) is 17.5. The van der Waals surface area contributed by atoms with Gasteiger partial charge in [-0.3, -0.25) is 13.9 Å². The zero-order valence-corrected chi connectivity index (χ0v) is 20.6. The van der Waals surface area contributed by atoms with E-state index >= 15 is 0 Å². The van der Waals surface area contributed by atoms with Gasteiger partial charge in [0, 0.05) is 6.54 Å². The maximum Gasteiger partial charge on any atom is 0.416 e. The van der Waals surface area contributed by atoms with Gasteiger partial charge in [0.1, 0.15) is 0 Å². The second kappa shape index (κ2) is 10.2. The van der Waals surface area contributed by atoms with E-state index in [0.717, 1.165) is 34.4 Å². The summed E-state index contributed by atoms with van der Waals surface area (Å²) in [5.41, 5.74) is -1.64. The number of benzene rings is 3. The molecule has 0 spiro atoms. The fraction of sp³-hybridized carbons (Fsp3) is 0.179. The largest absolute Gasteiger partial charge is 0.416 e. The van der Waals surface area contributed by atoms with Crippen LogP contribution in [0.5, 0.6) is 0 Å². The highest BCUT2D eigenvalue weighted by molar-refractivity contribution is 5.70. The molecule has 5 aromatic rings. The van der Waals surface area contributed by atoms with Crippen molar-refractivity contribution in [2.75, 3.05) is 0 Å². The van der Waals surface area contributed by atoms with Crippen molar-refractivity contribution >= 4 is 11.2 Å². The van der Waals surface area contributed by atoms with Gasteiger partial charge in [-0.15, -0.1) is 0 Å². The summed E-state index contributed by atoms with van der Waals surface area (Å²) < 4.78 is 81.7. The number of halogens is 6. The van der Waals surface area contributed by atoms with Gasteiger partial charge < -0.3 is 4.57 Å². The molecule has 0 radical (unpaired) electrons. The lowest BCUT2D eigenvalue weighted by atomic mass is 10.1. The molecule has 0 amide bonds. The third kappa shape index (κ3) is 5.42. The molecule has 2 heterocycles. The first-order valence-electron chi connectivity index (χ1n) is 12.0. The van der Waals surface area contributed by atoms with Crippen LogP contribution in [-0.2, 0) is 32.0 Å². The highest BCUT2D eigenvalue weighted by atomic mass is 19.4. The lowest BCUT2D eigenvalue weighted by Gasteiger charge is -2.14. The first kappa shape index (κ1) is 27.0. The zero-order valence-electron chi connectivity index (χ0n) is 20.6. The Balaban J connectivity index is 1.62. The van der Waals surface area contributed by atoms with Gasteiger partial charge in [-0.1, -0.05) is 54.6 Å². The Morgan fingerprint density at radius 1 is 0.600 bits per heavy atom. The van der Waals surface area contributed by atoms with E-state index in [9.17, 15) is 35.9 Å². The first-order valence-corrected chi connectivity index (χ1v) is 12.0. The second-order valence-electron chi connectivity index (χ2n) is 9.18. The molecule has 0 unspecified atom stereocenters. The Bertz CT molecular complexity index is 1770. The van der Waals surface area contributed by atoms with Crippen LogP contribution >= 0.6 is 0 Å². The van der Waals surface area contributed by atoms with Crippen LogP contribution in [0.15, 0.2) is 94.8 Å². The van der Waals surface area contributed by atoms with Crippen molar-refractivity contribution in [1.29, 1.82) is 0 Å². The predicted octanol–water partition coefficient (Wildman–Crippen LogP) is 5.54. The zero-order chi connectivity index (χ0) is 28.7. The third-order valence-electron chi connectivity index (χ3n) is 6.42. The number of fused-ring (bicyclic) bond motifs is 1. The van der Waals surface area contributed by atoms with Crippen molar-refractivity contribution in [3.63, 3.8) is 0 Å². The highest BCUT2D eigenvalue weighted by Crippen LogP contribution is 2.30. The Hall–Kier alpha value is -4.61. The standard InChI is InChI=1S/C28H20F6N4O2/c29-27(30,31)21-10-6-19(7-11-21)15-37-24-23(36(17-35-24)14-18-4-2-1-3-5-18)25(39)38(26(37)40)16-20-8-12-22(13-9-20)28(32,33)34/h1-13,17H,14-16H2. The first-order chi connectivity index (χ1) is 18.9. The molecule has 0 saturated heterocycles. The van der Waals surface area contributed by atoms with E-state index in [1.165, 1.54) is 35.2 Å². The van der Waals surface area contributed by atoms with Gasteiger partial charge in [0.15, 0.2) is 11.2 Å². The number of imidazole rings is 1. The molecule has 40 heavy (non-hydrogen) atoms. The molecule has 0 aliphatic rings. The van der Waals surface area contributed by atoms with Crippen molar-refractivity contribution in [1.82, 2.24) is 18.7 Å². The van der Waals surface area contributed by atoms with Crippen molar-refractivity contribution in [2.24, 2.45) is 0 Å². The summed E-state index contributed by atoms with van der Waals surface area (Å²) in [4.78, 5) is 31.4. The van der Waals surface area contributed by atoms with Crippen LogP contribution in [0.1, 0.15) is 27.8 Å². The highest BCUT2D eigenvalue weighted by Gasteiger charge is 2.31. The van der Waals surface area contributed by atoms with Crippen molar-refractivity contribution in [2.45, 2.75) is 32.0 Å². The average Bonchev–Trinajstić information content (AvgIpc) is 3.32. The second-order valence-corrected chi connectivity index (χ2v) is 9.18. The summed E-state index contributed by atoms with van der Waals surface area (Å²) >= 11 is 0. The maximum atomic E-state index is 13.6. The molecule has 0 atom stereocenters. The van der Waals surface area contributed by atoms with Crippen LogP contribution in [0.2, 0.25) is 0 Å². The number of rotatable bonds is 6. The van der Waals surface area contributed by atoms with Crippen molar-refractivity contribution in [3.05, 3.63) is 134 Å². The van der Waals surface area contributed by atoms with Crippen molar-refractivity contribution < 1.29 is 26.3 Å². The van der Waals surface area contributed by atoms with E-state index < -0.39 is 34.7 Å². The monoisotopic (exact) mass is 558 g/mol. The molecule has 0 saturated carbocycles. The number of hydrogen-bond donors (Lipinski definition) is 0. The van der Waals surface area contributed by atoms with Gasteiger partial charge >= 0.3 is 18.0 Å². The predicted molar refractivity (Wildman–Crippen MR) is 135 cm³/mol. The summed E-state index contributed by atoms with van der Waals surface area (Å²) in [5.74, 6) is 0. The molecule has 3 aromatic carbocycles. The number of alkyl halides is 6. The molecular formula is C28H20F6N4O2. The molecule has 6 nitrogen and oxygen atoms in total. The fourth-order valence-electron chi connectivity index (χ4n) is 4.38. The fourth-order valence-corrected chi connectivity index (χ4v) is 4.38. The van der Waals surface area contributed by atoms with Crippen LogP contribution in [0.3, 0.4) is 0 Å². The van der Waals surface area contributed by atoms with E-state index in [0.29, 0.717) is 5.56 Å². The molecule has 2 aromatic heterocycles. The van der Waals surface area contributed by atoms with Gasteiger partial charge in [-0.25, -0.2) is 9.78 Å². The van der Waals surface area contributed by atoms with E-state index in [1.54, 1.807) is 4.57 Å². The minimum Gasteiger partial charge on any atom is -0.320 e. The van der Waals surface area contributed by atoms with Gasteiger partial charge in [0.2, 0.25) is 0 Å². The third-order valence-corrected chi connectivity index (χ3v) is 6.42. The van der Waals surface area contributed by atoms with Crippen molar-refractivity contribution in [3.8, 4) is 0 Å².